The Morgan fingerprint density at radius 3 is 2.52 bits per heavy atom. The van der Waals surface area contributed by atoms with Crippen LogP contribution in [0.15, 0.2) is 53.1 Å². The van der Waals surface area contributed by atoms with E-state index in [1.165, 1.54) is 12.1 Å². The Morgan fingerprint density at radius 1 is 1.08 bits per heavy atom. The Labute approximate surface area is 144 Å². The topological polar surface area (TPSA) is 51.3 Å². The van der Waals surface area contributed by atoms with E-state index in [-0.39, 0.29) is 11.7 Å². The summed E-state index contributed by atoms with van der Waals surface area (Å²) in [4.78, 5) is 14.9. The molecular formula is C19H18FN3O2. The maximum absolute atomic E-state index is 13.3. The van der Waals surface area contributed by atoms with Crippen LogP contribution in [-0.2, 0) is 0 Å². The van der Waals surface area contributed by atoms with Gasteiger partial charge in [-0.1, -0.05) is 0 Å². The number of halogens is 1. The molecule has 1 fully saturated rings. The highest BCUT2D eigenvalue weighted by Crippen LogP contribution is 2.24. The van der Waals surface area contributed by atoms with Crippen molar-refractivity contribution in [1.29, 1.82) is 0 Å². The first-order chi connectivity index (χ1) is 12.2. The Bertz CT molecular complexity index is 863. The fourth-order valence-electron chi connectivity index (χ4n) is 3.12. The molecule has 0 atom stereocenters. The van der Waals surface area contributed by atoms with Crippen LogP contribution in [0.25, 0.3) is 17.1 Å². The van der Waals surface area contributed by atoms with E-state index in [1.54, 1.807) is 41.3 Å². The number of carbonyl (C=O) groups is 1. The lowest BCUT2D eigenvalue weighted by atomic mass is 10.1. The van der Waals surface area contributed by atoms with Crippen LogP contribution in [0.2, 0.25) is 0 Å². The molecule has 1 aliphatic rings. The highest BCUT2D eigenvalue weighted by Gasteiger charge is 2.24. The molecule has 0 unspecified atom stereocenters. The number of rotatable bonds is 3. The molecule has 0 aliphatic carbocycles. The SMILES string of the molecule is O=C(c1cc(-c2ccco2)nn1-c1ccc(F)cc1)N1CCCCC1. The highest BCUT2D eigenvalue weighted by molar-refractivity contribution is 5.94. The van der Waals surface area contributed by atoms with E-state index >= 15 is 0 Å². The molecule has 4 rings (SSSR count). The smallest absolute Gasteiger partial charge is 0.272 e. The number of amides is 1. The number of carbonyl (C=O) groups excluding carboxylic acids is 1. The van der Waals surface area contributed by atoms with Gasteiger partial charge in [0.25, 0.3) is 5.91 Å². The molecule has 1 saturated heterocycles. The number of hydrogen-bond donors (Lipinski definition) is 0. The zero-order chi connectivity index (χ0) is 17.2. The zero-order valence-corrected chi connectivity index (χ0v) is 13.7. The van der Waals surface area contributed by atoms with Crippen molar-refractivity contribution in [2.45, 2.75) is 19.3 Å². The molecule has 0 saturated carbocycles. The van der Waals surface area contributed by atoms with Gasteiger partial charge in [0.2, 0.25) is 0 Å². The predicted octanol–water partition coefficient (Wildman–Crippen LogP) is 3.90. The van der Waals surface area contributed by atoms with Gasteiger partial charge in [0.15, 0.2) is 5.76 Å². The fourth-order valence-corrected chi connectivity index (χ4v) is 3.12. The quantitative estimate of drug-likeness (QED) is 0.727. The number of furan rings is 1. The zero-order valence-electron chi connectivity index (χ0n) is 13.7. The normalized spacial score (nSPS) is 14.7. The van der Waals surface area contributed by atoms with E-state index in [0.717, 1.165) is 32.4 Å². The number of aromatic nitrogens is 2. The maximum Gasteiger partial charge on any atom is 0.272 e. The fraction of sp³-hybridized carbons (Fsp3) is 0.263. The molecule has 0 radical (unpaired) electrons. The number of benzene rings is 1. The molecule has 128 valence electrons. The third kappa shape index (κ3) is 3.07. The number of nitrogens with zero attached hydrogens (tertiary/aromatic N) is 3. The minimum atomic E-state index is -0.328. The second-order valence-electron chi connectivity index (χ2n) is 6.13. The predicted molar refractivity (Wildman–Crippen MR) is 91.0 cm³/mol. The van der Waals surface area contributed by atoms with Crippen LogP contribution in [-0.4, -0.2) is 33.7 Å². The molecule has 1 amide bonds. The first-order valence-electron chi connectivity index (χ1n) is 8.41. The van der Waals surface area contributed by atoms with E-state index in [9.17, 15) is 9.18 Å². The van der Waals surface area contributed by atoms with Gasteiger partial charge in [0, 0.05) is 19.2 Å². The van der Waals surface area contributed by atoms with Crippen molar-refractivity contribution in [3.8, 4) is 17.1 Å². The van der Waals surface area contributed by atoms with Crippen LogP contribution in [0.5, 0.6) is 0 Å². The molecule has 3 heterocycles. The molecule has 5 nitrogen and oxygen atoms in total. The molecule has 25 heavy (non-hydrogen) atoms. The molecule has 2 aromatic heterocycles. The Kier molecular flexibility index (Phi) is 4.09. The van der Waals surface area contributed by atoms with Crippen molar-refractivity contribution in [1.82, 2.24) is 14.7 Å². The van der Waals surface area contributed by atoms with Crippen LogP contribution in [0, 0.1) is 5.82 Å². The molecule has 1 aliphatic heterocycles. The van der Waals surface area contributed by atoms with Crippen molar-refractivity contribution in [2.75, 3.05) is 13.1 Å². The molecule has 0 N–H and O–H groups in total. The number of likely N-dealkylation sites (tertiary alicyclic amines) is 1. The Morgan fingerprint density at radius 2 is 1.84 bits per heavy atom. The van der Waals surface area contributed by atoms with E-state index in [4.69, 9.17) is 4.42 Å². The van der Waals surface area contributed by atoms with Crippen LogP contribution in [0.3, 0.4) is 0 Å². The van der Waals surface area contributed by atoms with Crippen molar-refractivity contribution >= 4 is 5.91 Å². The summed E-state index contributed by atoms with van der Waals surface area (Å²) in [5.74, 6) is 0.203. The van der Waals surface area contributed by atoms with Crippen LogP contribution in [0.1, 0.15) is 29.8 Å². The second kappa shape index (κ2) is 6.55. The standard InChI is InChI=1S/C19H18FN3O2/c20-14-6-8-15(9-7-14)23-17(19(24)22-10-2-1-3-11-22)13-16(21-23)18-5-4-12-25-18/h4-9,12-13H,1-3,10-11H2. The highest BCUT2D eigenvalue weighted by atomic mass is 19.1. The minimum absolute atomic E-state index is 0.0608. The summed E-state index contributed by atoms with van der Waals surface area (Å²) in [6.45, 7) is 1.51. The van der Waals surface area contributed by atoms with Gasteiger partial charge in [-0.15, -0.1) is 0 Å². The van der Waals surface area contributed by atoms with Gasteiger partial charge in [-0.3, -0.25) is 4.79 Å². The van der Waals surface area contributed by atoms with Gasteiger partial charge in [0.05, 0.1) is 12.0 Å². The molecular weight excluding hydrogens is 321 g/mol. The molecule has 6 heteroatoms. The largest absolute Gasteiger partial charge is 0.463 e. The lowest BCUT2D eigenvalue weighted by Gasteiger charge is -2.26. The summed E-state index contributed by atoms with van der Waals surface area (Å²) >= 11 is 0. The lowest BCUT2D eigenvalue weighted by Crippen LogP contribution is -2.36. The summed E-state index contributed by atoms with van der Waals surface area (Å²) in [5, 5.41) is 4.52. The van der Waals surface area contributed by atoms with E-state index in [2.05, 4.69) is 5.10 Å². The number of piperidine rings is 1. The summed E-state index contributed by atoms with van der Waals surface area (Å²) in [6, 6.07) is 11.3. The number of hydrogen-bond acceptors (Lipinski definition) is 3. The summed E-state index contributed by atoms with van der Waals surface area (Å²) in [6.07, 6.45) is 4.75. The average Bonchev–Trinajstić information content (AvgIpc) is 3.32. The van der Waals surface area contributed by atoms with E-state index in [0.29, 0.717) is 22.8 Å². The third-order valence-corrected chi connectivity index (χ3v) is 4.42. The summed E-state index contributed by atoms with van der Waals surface area (Å²) in [7, 11) is 0. The van der Waals surface area contributed by atoms with Crippen LogP contribution >= 0.6 is 0 Å². The van der Waals surface area contributed by atoms with Gasteiger partial charge in [-0.05, 0) is 55.7 Å². The summed E-state index contributed by atoms with van der Waals surface area (Å²) < 4.78 is 20.2. The van der Waals surface area contributed by atoms with Gasteiger partial charge in [-0.25, -0.2) is 9.07 Å². The van der Waals surface area contributed by atoms with Crippen molar-refractivity contribution in [3.05, 3.63) is 60.2 Å². The van der Waals surface area contributed by atoms with Gasteiger partial charge >= 0.3 is 0 Å². The van der Waals surface area contributed by atoms with Crippen LogP contribution < -0.4 is 0 Å². The third-order valence-electron chi connectivity index (χ3n) is 4.42. The van der Waals surface area contributed by atoms with Gasteiger partial charge in [0.1, 0.15) is 17.2 Å². The monoisotopic (exact) mass is 339 g/mol. The van der Waals surface area contributed by atoms with Gasteiger partial charge < -0.3 is 9.32 Å². The van der Waals surface area contributed by atoms with E-state index < -0.39 is 0 Å². The average molecular weight is 339 g/mol. The van der Waals surface area contributed by atoms with Crippen molar-refractivity contribution in [2.24, 2.45) is 0 Å². The van der Waals surface area contributed by atoms with Crippen molar-refractivity contribution < 1.29 is 13.6 Å². The lowest BCUT2D eigenvalue weighted by molar-refractivity contribution is 0.0715. The molecule has 1 aromatic carbocycles. The van der Waals surface area contributed by atoms with Crippen molar-refractivity contribution in [3.63, 3.8) is 0 Å². The minimum Gasteiger partial charge on any atom is -0.463 e. The van der Waals surface area contributed by atoms with Gasteiger partial charge in [-0.2, -0.15) is 5.10 Å². The summed E-state index contributed by atoms with van der Waals surface area (Å²) in [5.41, 5.74) is 1.68. The van der Waals surface area contributed by atoms with E-state index in [1.807, 2.05) is 4.90 Å². The second-order valence-corrected chi connectivity index (χ2v) is 6.13. The molecule has 0 spiro atoms. The first kappa shape index (κ1) is 15.6. The first-order valence-corrected chi connectivity index (χ1v) is 8.41. The molecule has 0 bridgehead atoms. The van der Waals surface area contributed by atoms with Crippen LogP contribution in [0.4, 0.5) is 4.39 Å². The molecule has 3 aromatic rings. The Hall–Kier alpha value is -2.89. The maximum atomic E-state index is 13.3. The Balaban J connectivity index is 1.77.